The van der Waals surface area contributed by atoms with Gasteiger partial charge in [0.15, 0.2) is 11.0 Å². The maximum absolute atomic E-state index is 12.9. The van der Waals surface area contributed by atoms with Crippen LogP contribution in [0.25, 0.3) is 10.8 Å². The number of rotatable bonds is 10. The average molecular weight is 533 g/mol. The number of thioether (sulfide) groups is 1. The average Bonchev–Trinajstić information content (AvgIpc) is 3.33. The predicted molar refractivity (Wildman–Crippen MR) is 147 cm³/mol. The van der Waals surface area contributed by atoms with E-state index in [2.05, 4.69) is 20.8 Å². The molecule has 0 aliphatic heterocycles. The number of non-ortho nitro benzene ring substituents is 1. The van der Waals surface area contributed by atoms with Crippen molar-refractivity contribution < 1.29 is 14.5 Å². The van der Waals surface area contributed by atoms with E-state index < -0.39 is 16.9 Å². The topological polar surface area (TPSA) is 132 Å². The number of benzene rings is 3. The minimum atomic E-state index is -0.537. The van der Waals surface area contributed by atoms with Crippen LogP contribution in [0.5, 0.6) is 0 Å². The zero-order valence-corrected chi connectivity index (χ0v) is 22.1. The van der Waals surface area contributed by atoms with Gasteiger partial charge in [0.2, 0.25) is 5.91 Å². The van der Waals surface area contributed by atoms with Crippen molar-refractivity contribution in [1.29, 1.82) is 0 Å². The van der Waals surface area contributed by atoms with E-state index in [1.54, 1.807) is 0 Å². The van der Waals surface area contributed by atoms with Crippen LogP contribution in [0.2, 0.25) is 0 Å². The highest BCUT2D eigenvalue weighted by Crippen LogP contribution is 2.27. The number of aromatic nitrogens is 3. The van der Waals surface area contributed by atoms with Crippen LogP contribution in [0.3, 0.4) is 0 Å². The Morgan fingerprint density at radius 2 is 1.79 bits per heavy atom. The molecule has 0 saturated heterocycles. The Labute approximate surface area is 224 Å². The van der Waals surface area contributed by atoms with Crippen molar-refractivity contribution in [3.05, 3.63) is 88.2 Å². The summed E-state index contributed by atoms with van der Waals surface area (Å²) in [6.45, 7) is 6.35. The number of amides is 2. The van der Waals surface area contributed by atoms with Crippen molar-refractivity contribution in [2.24, 2.45) is 5.92 Å². The molecule has 2 N–H and O–H groups in total. The van der Waals surface area contributed by atoms with Gasteiger partial charge in [-0.05, 0) is 30.4 Å². The van der Waals surface area contributed by atoms with Gasteiger partial charge in [0.25, 0.3) is 11.6 Å². The van der Waals surface area contributed by atoms with E-state index in [9.17, 15) is 19.7 Å². The van der Waals surface area contributed by atoms with E-state index in [0.29, 0.717) is 17.5 Å². The molecule has 1 atom stereocenters. The second-order valence-electron chi connectivity index (χ2n) is 8.95. The zero-order chi connectivity index (χ0) is 27.2. The van der Waals surface area contributed by atoms with Crippen LogP contribution < -0.4 is 10.6 Å². The van der Waals surface area contributed by atoms with Crippen LogP contribution >= 0.6 is 11.8 Å². The van der Waals surface area contributed by atoms with Crippen LogP contribution in [-0.2, 0) is 11.3 Å². The van der Waals surface area contributed by atoms with Gasteiger partial charge < -0.3 is 15.2 Å². The maximum Gasteiger partial charge on any atom is 0.270 e. The number of nitrogens with zero attached hydrogens (tertiary/aromatic N) is 4. The van der Waals surface area contributed by atoms with Crippen molar-refractivity contribution in [3.8, 4) is 0 Å². The highest BCUT2D eigenvalue weighted by atomic mass is 32.2. The summed E-state index contributed by atoms with van der Waals surface area (Å²) in [5.74, 6) is 0.0332. The van der Waals surface area contributed by atoms with Gasteiger partial charge in [0, 0.05) is 35.3 Å². The first-order chi connectivity index (χ1) is 18.3. The Morgan fingerprint density at radius 3 is 2.53 bits per heavy atom. The van der Waals surface area contributed by atoms with E-state index in [0.717, 1.165) is 16.5 Å². The second-order valence-corrected chi connectivity index (χ2v) is 9.89. The summed E-state index contributed by atoms with van der Waals surface area (Å²) in [5.41, 5.74) is 0.776. The molecule has 0 spiro atoms. The highest BCUT2D eigenvalue weighted by Gasteiger charge is 2.26. The third kappa shape index (κ3) is 6.00. The van der Waals surface area contributed by atoms with Gasteiger partial charge in [-0.15, -0.1) is 10.2 Å². The van der Waals surface area contributed by atoms with Crippen molar-refractivity contribution in [2.45, 2.75) is 38.5 Å². The monoisotopic (exact) mass is 532 g/mol. The van der Waals surface area contributed by atoms with Crippen LogP contribution in [-0.4, -0.2) is 37.3 Å². The summed E-state index contributed by atoms with van der Waals surface area (Å²) in [6, 6.07) is 18.7. The Bertz CT molecular complexity index is 1480. The molecule has 4 rings (SSSR count). The van der Waals surface area contributed by atoms with Crippen molar-refractivity contribution in [3.63, 3.8) is 0 Å². The van der Waals surface area contributed by atoms with Gasteiger partial charge in [-0.1, -0.05) is 68.1 Å². The third-order valence-electron chi connectivity index (χ3n) is 6.01. The van der Waals surface area contributed by atoms with Crippen LogP contribution in [0.1, 0.15) is 43.0 Å². The molecule has 0 saturated carbocycles. The van der Waals surface area contributed by atoms with E-state index in [1.165, 1.54) is 36.0 Å². The molecule has 0 unspecified atom stereocenters. The first-order valence-corrected chi connectivity index (χ1v) is 13.2. The number of carbonyl (C=O) groups excluding carboxylic acids is 2. The molecular formula is C27H28N6O4S. The van der Waals surface area contributed by atoms with E-state index in [-0.39, 0.29) is 28.8 Å². The number of hydrogen-bond donors (Lipinski definition) is 2. The fourth-order valence-electron chi connectivity index (χ4n) is 4.10. The minimum absolute atomic E-state index is 0.0420. The Hall–Kier alpha value is -4.25. The second kappa shape index (κ2) is 11.9. The first-order valence-electron chi connectivity index (χ1n) is 12.2. The summed E-state index contributed by atoms with van der Waals surface area (Å²) in [5, 5.41) is 28.2. The number of hydrogen-bond acceptors (Lipinski definition) is 7. The van der Waals surface area contributed by atoms with Gasteiger partial charge in [-0.2, -0.15) is 0 Å². The lowest BCUT2D eigenvalue weighted by molar-refractivity contribution is -0.384. The molecule has 38 heavy (non-hydrogen) atoms. The van der Waals surface area contributed by atoms with E-state index >= 15 is 0 Å². The molecular weight excluding hydrogens is 504 g/mol. The summed E-state index contributed by atoms with van der Waals surface area (Å²) in [7, 11) is 0. The van der Waals surface area contributed by atoms with Crippen LogP contribution in [0, 0.1) is 16.0 Å². The number of anilines is 1. The number of nitro groups is 1. The lowest BCUT2D eigenvalue weighted by atomic mass is 10.0. The summed E-state index contributed by atoms with van der Waals surface area (Å²) >= 11 is 1.26. The molecule has 0 aliphatic rings. The standard InChI is InChI=1S/C27H28N6O4S/c1-4-32-25(24(17(2)3)29-26(35)19-11-7-12-20(15-19)33(36)37)30-31-27(32)38-16-23(34)28-22-14-8-10-18-9-5-6-13-21(18)22/h5-15,17,24H,4,16H2,1-3H3,(H,28,34)(H,29,35)/t24-/m1/s1. The Balaban J connectivity index is 1.47. The van der Waals surface area contributed by atoms with Gasteiger partial charge in [-0.25, -0.2) is 0 Å². The smallest absolute Gasteiger partial charge is 0.270 e. The summed E-state index contributed by atoms with van der Waals surface area (Å²) < 4.78 is 1.87. The SMILES string of the molecule is CCn1c(SCC(=O)Nc2cccc3ccccc23)nnc1[C@H](NC(=O)c1cccc([N+](=O)[O-])c1)C(C)C. The molecule has 1 aromatic heterocycles. The molecule has 0 fully saturated rings. The van der Waals surface area contributed by atoms with Gasteiger partial charge in [0.05, 0.1) is 16.7 Å². The molecule has 3 aromatic carbocycles. The highest BCUT2D eigenvalue weighted by molar-refractivity contribution is 7.99. The molecule has 11 heteroatoms. The van der Waals surface area contributed by atoms with Crippen molar-refractivity contribution in [1.82, 2.24) is 20.1 Å². The Morgan fingerprint density at radius 1 is 1.05 bits per heavy atom. The molecule has 196 valence electrons. The lowest BCUT2D eigenvalue weighted by Gasteiger charge is -2.22. The van der Waals surface area contributed by atoms with Crippen LogP contribution in [0.15, 0.2) is 71.9 Å². The molecule has 10 nitrogen and oxygen atoms in total. The normalized spacial score (nSPS) is 11.9. The fourth-order valence-corrected chi connectivity index (χ4v) is 4.91. The number of nitro benzene ring substituents is 1. The minimum Gasteiger partial charge on any atom is -0.342 e. The number of fused-ring (bicyclic) bond motifs is 1. The quantitative estimate of drug-likeness (QED) is 0.163. The van der Waals surface area contributed by atoms with Crippen LogP contribution in [0.4, 0.5) is 11.4 Å². The molecule has 4 aromatic rings. The number of carbonyl (C=O) groups is 2. The largest absolute Gasteiger partial charge is 0.342 e. The molecule has 0 radical (unpaired) electrons. The summed E-state index contributed by atoms with van der Waals surface area (Å²) in [6.07, 6.45) is 0. The maximum atomic E-state index is 12.9. The fraction of sp³-hybridized carbons (Fsp3) is 0.259. The first kappa shape index (κ1) is 26.8. The van der Waals surface area contributed by atoms with Crippen molar-refractivity contribution >= 4 is 45.7 Å². The lowest BCUT2D eigenvalue weighted by Crippen LogP contribution is -2.33. The van der Waals surface area contributed by atoms with E-state index in [1.807, 2.05) is 67.8 Å². The zero-order valence-electron chi connectivity index (χ0n) is 21.2. The van der Waals surface area contributed by atoms with E-state index in [4.69, 9.17) is 0 Å². The molecule has 0 aliphatic carbocycles. The van der Waals surface area contributed by atoms with Gasteiger partial charge in [0.1, 0.15) is 0 Å². The molecule has 1 heterocycles. The molecule has 2 amide bonds. The van der Waals surface area contributed by atoms with Crippen molar-refractivity contribution in [2.75, 3.05) is 11.1 Å². The summed E-state index contributed by atoms with van der Waals surface area (Å²) in [4.78, 5) is 36.3. The van der Waals surface area contributed by atoms with Gasteiger partial charge >= 0.3 is 0 Å². The third-order valence-corrected chi connectivity index (χ3v) is 6.98. The molecule has 0 bridgehead atoms. The van der Waals surface area contributed by atoms with Gasteiger partial charge in [-0.3, -0.25) is 19.7 Å². The predicted octanol–water partition coefficient (Wildman–Crippen LogP) is 5.22. The Kier molecular flexibility index (Phi) is 8.37. The number of nitrogens with one attached hydrogen (secondary N) is 2.